The van der Waals surface area contributed by atoms with E-state index in [1.165, 1.54) is 0 Å². The van der Waals surface area contributed by atoms with Crippen molar-refractivity contribution in [2.45, 2.75) is 13.0 Å². The van der Waals surface area contributed by atoms with E-state index in [1.54, 1.807) is 17.2 Å². The van der Waals surface area contributed by atoms with Crippen LogP contribution < -0.4 is 4.90 Å². The molecule has 142 valence electrons. The van der Waals surface area contributed by atoms with Crippen molar-refractivity contribution in [2.24, 2.45) is 0 Å². The number of nitrogens with zero attached hydrogens (tertiary/aromatic N) is 4. The summed E-state index contributed by atoms with van der Waals surface area (Å²) in [7, 11) is 0. The van der Waals surface area contributed by atoms with Crippen molar-refractivity contribution in [1.82, 2.24) is 9.80 Å². The van der Waals surface area contributed by atoms with Crippen molar-refractivity contribution < 1.29 is 9.21 Å². The number of hydrogen-bond donors (Lipinski definition) is 0. The molecule has 0 spiro atoms. The van der Waals surface area contributed by atoms with Crippen LogP contribution in [0.1, 0.15) is 12.2 Å². The molecule has 2 heterocycles. The summed E-state index contributed by atoms with van der Waals surface area (Å²) in [6, 6.07) is 13.6. The SMILES string of the molecule is N#CCCN(Cc1ccco1)C(=O)CN1CCN(c2cccc(Cl)c2)CC1. The molecule has 27 heavy (non-hydrogen) atoms. The van der Waals surface area contributed by atoms with Gasteiger partial charge in [-0.05, 0) is 30.3 Å². The highest BCUT2D eigenvalue weighted by Crippen LogP contribution is 2.20. The molecule has 0 bridgehead atoms. The van der Waals surface area contributed by atoms with Crippen molar-refractivity contribution in [1.29, 1.82) is 5.26 Å². The van der Waals surface area contributed by atoms with E-state index in [4.69, 9.17) is 21.3 Å². The smallest absolute Gasteiger partial charge is 0.237 e. The van der Waals surface area contributed by atoms with Gasteiger partial charge in [0.05, 0.1) is 31.8 Å². The number of anilines is 1. The molecule has 1 amide bonds. The van der Waals surface area contributed by atoms with Gasteiger partial charge in [0.2, 0.25) is 5.91 Å². The molecule has 1 saturated heterocycles. The molecule has 0 unspecified atom stereocenters. The molecule has 0 N–H and O–H groups in total. The first-order valence-electron chi connectivity index (χ1n) is 9.05. The minimum Gasteiger partial charge on any atom is -0.467 e. The first-order valence-corrected chi connectivity index (χ1v) is 9.43. The number of amides is 1. The molecule has 1 aromatic carbocycles. The normalized spacial score (nSPS) is 14.7. The molecule has 0 saturated carbocycles. The number of furan rings is 1. The minimum atomic E-state index is 0.0258. The second kappa shape index (κ2) is 9.45. The zero-order valence-electron chi connectivity index (χ0n) is 15.2. The number of carbonyl (C=O) groups is 1. The highest BCUT2D eigenvalue weighted by atomic mass is 35.5. The van der Waals surface area contributed by atoms with Crippen molar-refractivity contribution >= 4 is 23.2 Å². The monoisotopic (exact) mass is 386 g/mol. The summed E-state index contributed by atoms with van der Waals surface area (Å²) in [5.41, 5.74) is 1.11. The maximum absolute atomic E-state index is 12.7. The highest BCUT2D eigenvalue weighted by Gasteiger charge is 2.22. The van der Waals surface area contributed by atoms with E-state index < -0.39 is 0 Å². The Kier molecular flexibility index (Phi) is 6.74. The number of piperazine rings is 1. The van der Waals surface area contributed by atoms with Crippen LogP contribution in [0.2, 0.25) is 5.02 Å². The van der Waals surface area contributed by atoms with Gasteiger partial charge in [0.1, 0.15) is 5.76 Å². The summed E-state index contributed by atoms with van der Waals surface area (Å²) in [4.78, 5) is 18.9. The quantitative estimate of drug-likeness (QED) is 0.732. The molecule has 1 fully saturated rings. The van der Waals surface area contributed by atoms with Gasteiger partial charge < -0.3 is 14.2 Å². The summed E-state index contributed by atoms with van der Waals surface area (Å²) in [6.07, 6.45) is 1.91. The Bertz CT molecular complexity index is 780. The summed E-state index contributed by atoms with van der Waals surface area (Å²) in [6.45, 7) is 4.49. The van der Waals surface area contributed by atoms with Crippen LogP contribution in [-0.2, 0) is 11.3 Å². The average molecular weight is 387 g/mol. The lowest BCUT2D eigenvalue weighted by atomic mass is 10.2. The Hall–Kier alpha value is -2.49. The molecule has 7 heteroatoms. The van der Waals surface area contributed by atoms with Crippen LogP contribution in [0.5, 0.6) is 0 Å². The standard InChI is InChI=1S/C20H23ClN4O2/c21-17-4-1-5-18(14-17)24-11-9-23(10-12-24)16-20(26)25(8-3-7-22)15-19-6-2-13-27-19/h1-2,4-6,13-14H,3,8-12,15-16H2. The van der Waals surface area contributed by atoms with Gasteiger partial charge in [0.25, 0.3) is 0 Å². The fraction of sp³-hybridized carbons (Fsp3) is 0.400. The molecular weight excluding hydrogens is 364 g/mol. The summed E-state index contributed by atoms with van der Waals surface area (Å²) in [5.74, 6) is 0.755. The van der Waals surface area contributed by atoms with Gasteiger partial charge >= 0.3 is 0 Å². The maximum Gasteiger partial charge on any atom is 0.237 e. The number of halogens is 1. The number of hydrogen-bond acceptors (Lipinski definition) is 5. The predicted octanol–water partition coefficient (Wildman–Crippen LogP) is 3.00. The van der Waals surface area contributed by atoms with Gasteiger partial charge in [0, 0.05) is 43.4 Å². The van der Waals surface area contributed by atoms with Crippen LogP contribution in [0.15, 0.2) is 47.1 Å². The van der Waals surface area contributed by atoms with Crippen LogP contribution in [0, 0.1) is 11.3 Å². The number of benzene rings is 1. The maximum atomic E-state index is 12.7. The number of carbonyl (C=O) groups excluding carboxylic acids is 1. The van der Waals surface area contributed by atoms with Crippen molar-refractivity contribution in [3.63, 3.8) is 0 Å². The largest absolute Gasteiger partial charge is 0.467 e. The second-order valence-electron chi connectivity index (χ2n) is 6.55. The summed E-state index contributed by atoms with van der Waals surface area (Å²) < 4.78 is 5.35. The van der Waals surface area contributed by atoms with E-state index in [9.17, 15) is 4.79 Å². The summed E-state index contributed by atoms with van der Waals surface area (Å²) in [5, 5.41) is 9.60. The van der Waals surface area contributed by atoms with Crippen molar-refractivity contribution in [2.75, 3.05) is 44.2 Å². The molecule has 0 atom stereocenters. The Morgan fingerprint density at radius 2 is 2.04 bits per heavy atom. The van der Waals surface area contributed by atoms with E-state index in [-0.39, 0.29) is 5.91 Å². The van der Waals surface area contributed by atoms with Crippen molar-refractivity contribution in [3.8, 4) is 6.07 Å². The lowest BCUT2D eigenvalue weighted by Crippen LogP contribution is -2.50. The lowest BCUT2D eigenvalue weighted by molar-refractivity contribution is -0.133. The van der Waals surface area contributed by atoms with Crippen LogP contribution in [-0.4, -0.2) is 55.0 Å². The molecule has 0 aliphatic carbocycles. The van der Waals surface area contributed by atoms with Crippen molar-refractivity contribution in [3.05, 3.63) is 53.4 Å². The fourth-order valence-corrected chi connectivity index (χ4v) is 3.38. The molecule has 1 aliphatic heterocycles. The van der Waals surface area contributed by atoms with Crippen LogP contribution >= 0.6 is 11.6 Å². The molecular formula is C20H23ClN4O2. The van der Waals surface area contributed by atoms with Crippen LogP contribution in [0.3, 0.4) is 0 Å². The molecule has 6 nitrogen and oxygen atoms in total. The van der Waals surface area contributed by atoms with Crippen LogP contribution in [0.25, 0.3) is 0 Å². The van der Waals surface area contributed by atoms with Gasteiger partial charge in [-0.25, -0.2) is 0 Å². The molecule has 1 aromatic heterocycles. The molecule has 1 aliphatic rings. The Balaban J connectivity index is 1.53. The lowest BCUT2D eigenvalue weighted by Gasteiger charge is -2.36. The zero-order chi connectivity index (χ0) is 19.1. The van der Waals surface area contributed by atoms with E-state index in [2.05, 4.69) is 21.9 Å². The van der Waals surface area contributed by atoms with Gasteiger partial charge in [0.15, 0.2) is 0 Å². The summed E-state index contributed by atoms with van der Waals surface area (Å²) >= 11 is 6.08. The Morgan fingerprint density at radius 3 is 2.70 bits per heavy atom. The van der Waals surface area contributed by atoms with Gasteiger partial charge in [-0.2, -0.15) is 5.26 Å². The Morgan fingerprint density at radius 1 is 1.22 bits per heavy atom. The average Bonchev–Trinajstić information content (AvgIpc) is 3.19. The van der Waals surface area contributed by atoms with Crippen LogP contribution in [0.4, 0.5) is 5.69 Å². The van der Waals surface area contributed by atoms with Gasteiger partial charge in [-0.15, -0.1) is 0 Å². The minimum absolute atomic E-state index is 0.0258. The topological polar surface area (TPSA) is 63.7 Å². The third kappa shape index (κ3) is 5.49. The van der Waals surface area contributed by atoms with Gasteiger partial charge in [-0.1, -0.05) is 17.7 Å². The number of nitriles is 1. The van der Waals surface area contributed by atoms with E-state index in [1.807, 2.05) is 24.3 Å². The third-order valence-electron chi connectivity index (χ3n) is 4.68. The van der Waals surface area contributed by atoms with E-state index in [0.29, 0.717) is 26.1 Å². The fourth-order valence-electron chi connectivity index (χ4n) is 3.20. The highest BCUT2D eigenvalue weighted by molar-refractivity contribution is 6.30. The Labute approximate surface area is 164 Å². The van der Waals surface area contributed by atoms with Gasteiger partial charge in [-0.3, -0.25) is 9.69 Å². The second-order valence-corrected chi connectivity index (χ2v) is 6.98. The molecule has 2 aromatic rings. The first-order chi connectivity index (χ1) is 13.2. The zero-order valence-corrected chi connectivity index (χ0v) is 15.9. The number of rotatable bonds is 7. The van der Waals surface area contributed by atoms with E-state index in [0.717, 1.165) is 42.6 Å². The third-order valence-corrected chi connectivity index (χ3v) is 4.91. The predicted molar refractivity (Wildman–Crippen MR) is 104 cm³/mol. The molecule has 0 radical (unpaired) electrons. The molecule has 3 rings (SSSR count). The first kappa shape index (κ1) is 19.3. The van der Waals surface area contributed by atoms with E-state index >= 15 is 0 Å².